The fraction of sp³-hybridized carbons (Fsp3) is 0.429. The van der Waals surface area contributed by atoms with Gasteiger partial charge < -0.3 is 10.4 Å². The van der Waals surface area contributed by atoms with Gasteiger partial charge in [-0.15, -0.1) is 0 Å². The monoisotopic (exact) mass is 328 g/mol. The van der Waals surface area contributed by atoms with Gasteiger partial charge in [-0.2, -0.15) is 4.72 Å². The predicted octanol–water partition coefficient (Wildman–Crippen LogP) is 0.710. The molecule has 0 aromatic heterocycles. The Morgan fingerprint density at radius 2 is 1.73 bits per heavy atom. The van der Waals surface area contributed by atoms with E-state index in [2.05, 4.69) is 10.0 Å². The van der Waals surface area contributed by atoms with Gasteiger partial charge in [-0.3, -0.25) is 9.59 Å². The first kappa shape index (κ1) is 18.1. The molecule has 0 saturated heterocycles. The van der Waals surface area contributed by atoms with Gasteiger partial charge in [-0.1, -0.05) is 26.0 Å². The highest BCUT2D eigenvalue weighted by Crippen LogP contribution is 2.13. The number of aliphatic carboxylic acids is 1. The minimum Gasteiger partial charge on any atom is -0.480 e. The maximum absolute atomic E-state index is 12.2. The number of carbonyl (C=O) groups is 2. The Hall–Kier alpha value is -1.93. The van der Waals surface area contributed by atoms with E-state index in [1.165, 1.54) is 19.1 Å². The summed E-state index contributed by atoms with van der Waals surface area (Å²) in [6.45, 7) is 4.93. The van der Waals surface area contributed by atoms with E-state index in [0.29, 0.717) is 6.54 Å². The smallest absolute Gasteiger partial charge is 0.322 e. The van der Waals surface area contributed by atoms with Crippen LogP contribution in [0.4, 0.5) is 0 Å². The van der Waals surface area contributed by atoms with E-state index in [0.717, 1.165) is 5.56 Å². The first-order chi connectivity index (χ1) is 10.1. The molecule has 0 aliphatic carbocycles. The van der Waals surface area contributed by atoms with Gasteiger partial charge in [0, 0.05) is 13.5 Å². The van der Waals surface area contributed by atoms with Crippen molar-refractivity contribution in [3.8, 4) is 0 Å². The van der Waals surface area contributed by atoms with Crippen LogP contribution in [-0.2, 0) is 26.2 Å². The van der Waals surface area contributed by atoms with Crippen molar-refractivity contribution in [3.05, 3.63) is 29.8 Å². The van der Waals surface area contributed by atoms with E-state index >= 15 is 0 Å². The molecule has 0 unspecified atom stereocenters. The molecule has 0 heterocycles. The van der Waals surface area contributed by atoms with Crippen molar-refractivity contribution in [2.24, 2.45) is 5.92 Å². The van der Waals surface area contributed by atoms with Crippen LogP contribution < -0.4 is 10.0 Å². The third-order valence-electron chi connectivity index (χ3n) is 2.99. The van der Waals surface area contributed by atoms with E-state index in [1.807, 2.05) is 0 Å². The minimum atomic E-state index is -3.92. The quantitative estimate of drug-likeness (QED) is 0.682. The maximum atomic E-state index is 12.2. The van der Waals surface area contributed by atoms with Crippen molar-refractivity contribution in [1.29, 1.82) is 0 Å². The lowest BCUT2D eigenvalue weighted by molar-refractivity contribution is -0.140. The van der Waals surface area contributed by atoms with Crippen molar-refractivity contribution >= 4 is 21.9 Å². The predicted molar refractivity (Wildman–Crippen MR) is 80.5 cm³/mol. The summed E-state index contributed by atoms with van der Waals surface area (Å²) < 4.78 is 26.6. The summed E-state index contributed by atoms with van der Waals surface area (Å²) in [4.78, 5) is 21.9. The van der Waals surface area contributed by atoms with Crippen LogP contribution in [0.2, 0.25) is 0 Å². The second-order valence-corrected chi connectivity index (χ2v) is 6.95. The Balaban J connectivity index is 2.89. The highest BCUT2D eigenvalue weighted by Gasteiger charge is 2.27. The Kier molecular flexibility index (Phi) is 6.07. The largest absolute Gasteiger partial charge is 0.480 e. The summed E-state index contributed by atoms with van der Waals surface area (Å²) in [5.74, 6) is -1.79. The molecule has 0 aliphatic heterocycles. The zero-order valence-corrected chi connectivity index (χ0v) is 13.5. The number of carboxylic acids is 1. The van der Waals surface area contributed by atoms with Crippen LogP contribution in [0.25, 0.3) is 0 Å². The Morgan fingerprint density at radius 1 is 1.18 bits per heavy atom. The van der Waals surface area contributed by atoms with Crippen molar-refractivity contribution in [2.45, 2.75) is 38.3 Å². The van der Waals surface area contributed by atoms with Gasteiger partial charge in [-0.25, -0.2) is 8.42 Å². The molecule has 0 saturated carbocycles. The second kappa shape index (κ2) is 7.37. The highest BCUT2D eigenvalue weighted by molar-refractivity contribution is 7.89. The van der Waals surface area contributed by atoms with Gasteiger partial charge in [-0.05, 0) is 23.6 Å². The topological polar surface area (TPSA) is 113 Å². The number of hydrogen-bond acceptors (Lipinski definition) is 4. The van der Waals surface area contributed by atoms with Gasteiger partial charge in [0.2, 0.25) is 15.9 Å². The number of amides is 1. The number of carboxylic acid groups (broad SMARTS) is 1. The lowest BCUT2D eigenvalue weighted by atomic mass is 10.1. The molecule has 0 fully saturated rings. The van der Waals surface area contributed by atoms with Crippen molar-refractivity contribution in [1.82, 2.24) is 10.0 Å². The van der Waals surface area contributed by atoms with Gasteiger partial charge in [0.15, 0.2) is 0 Å². The summed E-state index contributed by atoms with van der Waals surface area (Å²) in [5.41, 5.74) is 0.743. The van der Waals surface area contributed by atoms with E-state index in [1.54, 1.807) is 26.0 Å². The molecule has 0 radical (unpaired) electrons. The highest BCUT2D eigenvalue weighted by atomic mass is 32.2. The summed E-state index contributed by atoms with van der Waals surface area (Å²) in [5, 5.41) is 11.7. The SMILES string of the molecule is CC(=O)NCc1ccc(S(=O)(=O)N[C@H](C(=O)O)C(C)C)cc1. The molecule has 122 valence electrons. The Morgan fingerprint density at radius 3 is 2.14 bits per heavy atom. The van der Waals surface area contributed by atoms with Crippen LogP contribution in [0.1, 0.15) is 26.3 Å². The number of sulfonamides is 1. The van der Waals surface area contributed by atoms with E-state index in [9.17, 15) is 18.0 Å². The molecule has 0 spiro atoms. The van der Waals surface area contributed by atoms with E-state index in [4.69, 9.17) is 5.11 Å². The molecular formula is C14H20N2O5S. The number of carbonyl (C=O) groups excluding carboxylic acids is 1. The molecule has 7 nitrogen and oxygen atoms in total. The van der Waals surface area contributed by atoms with Crippen molar-refractivity contribution < 1.29 is 23.1 Å². The average Bonchev–Trinajstić information content (AvgIpc) is 2.42. The van der Waals surface area contributed by atoms with E-state index in [-0.39, 0.29) is 16.7 Å². The zero-order valence-electron chi connectivity index (χ0n) is 12.7. The fourth-order valence-electron chi connectivity index (χ4n) is 1.72. The summed E-state index contributed by atoms with van der Waals surface area (Å²) in [7, 11) is -3.92. The average molecular weight is 328 g/mol. The molecule has 22 heavy (non-hydrogen) atoms. The lowest BCUT2D eigenvalue weighted by Crippen LogP contribution is -2.44. The fourth-order valence-corrected chi connectivity index (χ4v) is 3.06. The number of nitrogens with one attached hydrogen (secondary N) is 2. The molecule has 0 bridgehead atoms. The van der Waals surface area contributed by atoms with Crippen LogP contribution in [0.15, 0.2) is 29.2 Å². The van der Waals surface area contributed by atoms with Gasteiger partial charge in [0.25, 0.3) is 0 Å². The summed E-state index contributed by atoms with van der Waals surface area (Å²) in [6.07, 6.45) is 0. The van der Waals surface area contributed by atoms with Gasteiger partial charge in [0.05, 0.1) is 4.90 Å². The standard InChI is InChI=1S/C14H20N2O5S/c1-9(2)13(14(18)19)16-22(20,21)12-6-4-11(5-7-12)8-15-10(3)17/h4-7,9,13,16H,8H2,1-3H3,(H,15,17)(H,18,19)/t13-/m0/s1. The number of hydrogen-bond donors (Lipinski definition) is 3. The van der Waals surface area contributed by atoms with Gasteiger partial charge >= 0.3 is 5.97 Å². The number of benzene rings is 1. The summed E-state index contributed by atoms with van der Waals surface area (Å²) in [6, 6.07) is 4.69. The molecular weight excluding hydrogens is 308 g/mol. The molecule has 1 aromatic rings. The van der Waals surface area contributed by atoms with E-state index < -0.39 is 22.0 Å². The first-order valence-corrected chi connectivity index (χ1v) is 8.20. The molecule has 1 amide bonds. The third-order valence-corrected chi connectivity index (χ3v) is 4.45. The van der Waals surface area contributed by atoms with Crippen molar-refractivity contribution in [3.63, 3.8) is 0 Å². The maximum Gasteiger partial charge on any atom is 0.322 e. The van der Waals surface area contributed by atoms with Crippen LogP contribution in [0, 0.1) is 5.92 Å². The lowest BCUT2D eigenvalue weighted by Gasteiger charge is -2.18. The zero-order chi connectivity index (χ0) is 16.9. The first-order valence-electron chi connectivity index (χ1n) is 6.72. The second-order valence-electron chi connectivity index (χ2n) is 5.23. The third kappa shape index (κ3) is 5.12. The van der Waals surface area contributed by atoms with Crippen LogP contribution in [0.3, 0.4) is 0 Å². The minimum absolute atomic E-state index is 0.0222. The summed E-state index contributed by atoms with van der Waals surface area (Å²) >= 11 is 0. The molecule has 8 heteroatoms. The Labute approximate surface area is 129 Å². The number of rotatable bonds is 7. The molecule has 1 atom stereocenters. The van der Waals surface area contributed by atoms with Crippen molar-refractivity contribution in [2.75, 3.05) is 0 Å². The molecule has 3 N–H and O–H groups in total. The van der Waals surface area contributed by atoms with Crippen LogP contribution >= 0.6 is 0 Å². The molecule has 0 aliphatic rings. The Bertz CT molecular complexity index is 638. The van der Waals surface area contributed by atoms with Gasteiger partial charge in [0.1, 0.15) is 6.04 Å². The van der Waals surface area contributed by atoms with Crippen LogP contribution in [-0.4, -0.2) is 31.4 Å². The normalized spacial score (nSPS) is 12.9. The molecule has 1 rings (SSSR count). The molecule has 1 aromatic carbocycles. The van der Waals surface area contributed by atoms with Crippen LogP contribution in [0.5, 0.6) is 0 Å².